The lowest BCUT2D eigenvalue weighted by atomic mass is 10.1. The fraction of sp³-hybridized carbons (Fsp3) is 0.263. The molecule has 27 heavy (non-hydrogen) atoms. The maximum absolute atomic E-state index is 12.1. The number of nitrogen functional groups attached to an aromatic ring is 1. The monoisotopic (exact) mass is 392 g/mol. The number of rotatable bonds is 7. The molecular weight excluding hydrogens is 372 g/mol. The lowest BCUT2D eigenvalue weighted by Crippen LogP contribution is -2.31. The van der Waals surface area contributed by atoms with Crippen LogP contribution in [0.15, 0.2) is 36.4 Å². The van der Waals surface area contributed by atoms with Crippen LogP contribution in [0, 0.1) is 0 Å². The first-order chi connectivity index (χ1) is 12.8. The maximum Gasteiger partial charge on any atom is 0.338 e. The molecule has 144 valence electrons. The van der Waals surface area contributed by atoms with E-state index < -0.39 is 18.5 Å². The normalized spacial score (nSPS) is 11.4. The van der Waals surface area contributed by atoms with E-state index in [0.29, 0.717) is 16.5 Å². The van der Waals surface area contributed by atoms with Crippen molar-refractivity contribution in [2.75, 3.05) is 26.6 Å². The van der Waals surface area contributed by atoms with E-state index >= 15 is 0 Å². The molecule has 0 bridgehead atoms. The van der Waals surface area contributed by atoms with Gasteiger partial charge in [-0.2, -0.15) is 0 Å². The Kier molecular flexibility index (Phi) is 6.90. The van der Waals surface area contributed by atoms with Crippen molar-refractivity contribution in [3.05, 3.63) is 52.5 Å². The fourth-order valence-corrected chi connectivity index (χ4v) is 2.54. The molecule has 0 saturated carbocycles. The third-order valence-corrected chi connectivity index (χ3v) is 4.19. The molecule has 0 unspecified atom stereocenters. The van der Waals surface area contributed by atoms with Crippen molar-refractivity contribution >= 4 is 29.2 Å². The minimum absolute atomic E-state index is 0.215. The van der Waals surface area contributed by atoms with Crippen molar-refractivity contribution < 1.29 is 23.8 Å². The molecule has 2 rings (SSSR count). The number of halogens is 1. The summed E-state index contributed by atoms with van der Waals surface area (Å²) in [5, 5.41) is 3.09. The number of methoxy groups -OCH3 is 2. The second kappa shape index (κ2) is 9.14. The molecule has 0 fully saturated rings. The second-order valence-corrected chi connectivity index (χ2v) is 6.12. The average Bonchev–Trinajstić information content (AvgIpc) is 2.67. The van der Waals surface area contributed by atoms with Gasteiger partial charge >= 0.3 is 5.97 Å². The van der Waals surface area contributed by atoms with Gasteiger partial charge in [0.1, 0.15) is 11.5 Å². The summed E-state index contributed by atoms with van der Waals surface area (Å²) in [5.74, 6) is 0.124. The number of nitrogens with two attached hydrogens (primary N) is 1. The highest BCUT2D eigenvalue weighted by atomic mass is 35.5. The number of ether oxygens (including phenoxy) is 3. The van der Waals surface area contributed by atoms with E-state index in [2.05, 4.69) is 5.32 Å². The van der Waals surface area contributed by atoms with Gasteiger partial charge in [-0.3, -0.25) is 4.79 Å². The summed E-state index contributed by atoms with van der Waals surface area (Å²) < 4.78 is 15.5. The SMILES string of the molecule is COc1ccc(OC)c([C@H](C)NC(=O)COC(=O)c2ccc(Cl)c(N)c2)c1. The van der Waals surface area contributed by atoms with Crippen LogP contribution >= 0.6 is 11.6 Å². The number of hydrogen-bond acceptors (Lipinski definition) is 6. The van der Waals surface area contributed by atoms with Crippen LogP contribution in [-0.4, -0.2) is 32.7 Å². The Hall–Kier alpha value is -2.93. The molecule has 1 amide bonds. The van der Waals surface area contributed by atoms with E-state index in [4.69, 9.17) is 31.5 Å². The summed E-state index contributed by atoms with van der Waals surface area (Å²) in [6.07, 6.45) is 0. The third-order valence-electron chi connectivity index (χ3n) is 3.85. The molecule has 1 atom stereocenters. The summed E-state index contributed by atoms with van der Waals surface area (Å²) in [5.41, 5.74) is 6.87. The van der Waals surface area contributed by atoms with Gasteiger partial charge < -0.3 is 25.3 Å². The molecule has 0 saturated heterocycles. The quantitative estimate of drug-likeness (QED) is 0.555. The number of hydrogen-bond donors (Lipinski definition) is 2. The lowest BCUT2D eigenvalue weighted by molar-refractivity contribution is -0.124. The predicted molar refractivity (Wildman–Crippen MR) is 102 cm³/mol. The standard InChI is InChI=1S/C19H21ClN2O5/c1-11(14-9-13(25-2)5-7-17(14)26-3)22-18(23)10-27-19(24)12-4-6-15(20)16(21)8-12/h4-9,11H,10,21H2,1-3H3,(H,22,23)/t11-/m0/s1. The average molecular weight is 393 g/mol. The van der Waals surface area contributed by atoms with Crippen LogP contribution in [0.4, 0.5) is 5.69 Å². The lowest BCUT2D eigenvalue weighted by Gasteiger charge is -2.18. The van der Waals surface area contributed by atoms with Gasteiger partial charge in [-0.25, -0.2) is 4.79 Å². The van der Waals surface area contributed by atoms with E-state index in [0.717, 1.165) is 5.56 Å². The topological polar surface area (TPSA) is 99.9 Å². The highest BCUT2D eigenvalue weighted by molar-refractivity contribution is 6.33. The molecule has 0 radical (unpaired) electrons. The van der Waals surface area contributed by atoms with Crippen LogP contribution in [-0.2, 0) is 9.53 Å². The molecule has 0 aromatic heterocycles. The zero-order valence-corrected chi connectivity index (χ0v) is 16.0. The Balaban J connectivity index is 1.97. The van der Waals surface area contributed by atoms with Crippen molar-refractivity contribution in [3.8, 4) is 11.5 Å². The first-order valence-corrected chi connectivity index (χ1v) is 8.47. The summed E-state index contributed by atoms with van der Waals surface area (Å²) in [7, 11) is 3.09. The fourth-order valence-electron chi connectivity index (χ4n) is 2.42. The highest BCUT2D eigenvalue weighted by Gasteiger charge is 2.17. The van der Waals surface area contributed by atoms with Gasteiger partial charge in [0.05, 0.1) is 36.5 Å². The molecule has 0 aliphatic heterocycles. The Labute approximate surface area is 162 Å². The summed E-state index contributed by atoms with van der Waals surface area (Å²) in [6, 6.07) is 9.26. The molecule has 0 aliphatic carbocycles. The number of amides is 1. The Morgan fingerprint density at radius 2 is 1.89 bits per heavy atom. The van der Waals surface area contributed by atoms with Crippen molar-refractivity contribution in [2.45, 2.75) is 13.0 Å². The molecule has 0 aliphatic rings. The Morgan fingerprint density at radius 1 is 1.15 bits per heavy atom. The number of carbonyl (C=O) groups is 2. The molecular formula is C19H21ClN2O5. The number of carbonyl (C=O) groups excluding carboxylic acids is 2. The van der Waals surface area contributed by atoms with Crippen LogP contribution < -0.4 is 20.5 Å². The summed E-state index contributed by atoms with van der Waals surface area (Å²) >= 11 is 5.81. The van der Waals surface area contributed by atoms with Crippen molar-refractivity contribution in [3.63, 3.8) is 0 Å². The van der Waals surface area contributed by atoms with Crippen molar-refractivity contribution in [1.82, 2.24) is 5.32 Å². The Bertz CT molecular complexity index is 841. The summed E-state index contributed by atoms with van der Waals surface area (Å²) in [4.78, 5) is 24.1. The van der Waals surface area contributed by atoms with Gasteiger partial charge in [0, 0.05) is 5.56 Å². The number of anilines is 1. The third kappa shape index (κ3) is 5.27. The molecule has 2 aromatic rings. The van der Waals surface area contributed by atoms with E-state index in [1.807, 2.05) is 0 Å². The van der Waals surface area contributed by atoms with Crippen molar-refractivity contribution in [2.24, 2.45) is 0 Å². The number of nitrogens with one attached hydrogen (secondary N) is 1. The zero-order chi connectivity index (χ0) is 20.0. The molecule has 8 heteroatoms. The van der Waals surface area contributed by atoms with Crippen LogP contribution in [0.25, 0.3) is 0 Å². The van der Waals surface area contributed by atoms with Gasteiger partial charge in [-0.1, -0.05) is 11.6 Å². The van der Waals surface area contributed by atoms with E-state index in [9.17, 15) is 9.59 Å². The second-order valence-electron chi connectivity index (χ2n) is 5.71. The number of esters is 1. The predicted octanol–water partition coefficient (Wildman–Crippen LogP) is 2.97. The highest BCUT2D eigenvalue weighted by Crippen LogP contribution is 2.29. The molecule has 2 aromatic carbocycles. The van der Waals surface area contributed by atoms with E-state index in [1.165, 1.54) is 18.2 Å². The zero-order valence-electron chi connectivity index (χ0n) is 15.2. The Morgan fingerprint density at radius 3 is 2.52 bits per heavy atom. The van der Waals surface area contributed by atoms with Gasteiger partial charge in [0.25, 0.3) is 5.91 Å². The van der Waals surface area contributed by atoms with Crippen LogP contribution in [0.5, 0.6) is 11.5 Å². The maximum atomic E-state index is 12.1. The van der Waals surface area contributed by atoms with Crippen LogP contribution in [0.1, 0.15) is 28.9 Å². The first-order valence-electron chi connectivity index (χ1n) is 8.09. The molecule has 3 N–H and O–H groups in total. The molecule has 7 nitrogen and oxygen atoms in total. The smallest absolute Gasteiger partial charge is 0.338 e. The minimum atomic E-state index is -0.667. The largest absolute Gasteiger partial charge is 0.497 e. The van der Waals surface area contributed by atoms with Crippen LogP contribution in [0.3, 0.4) is 0 Å². The minimum Gasteiger partial charge on any atom is -0.497 e. The van der Waals surface area contributed by atoms with Gasteiger partial charge in [0.2, 0.25) is 0 Å². The van der Waals surface area contributed by atoms with Gasteiger partial charge in [0.15, 0.2) is 6.61 Å². The van der Waals surface area contributed by atoms with Crippen molar-refractivity contribution in [1.29, 1.82) is 0 Å². The molecule has 0 spiro atoms. The van der Waals surface area contributed by atoms with Crippen LogP contribution in [0.2, 0.25) is 5.02 Å². The van der Waals surface area contributed by atoms with E-state index in [1.54, 1.807) is 39.3 Å². The van der Waals surface area contributed by atoms with E-state index in [-0.39, 0.29) is 17.3 Å². The summed E-state index contributed by atoms with van der Waals surface area (Å²) in [6.45, 7) is 1.36. The first kappa shape index (κ1) is 20.4. The molecule has 0 heterocycles. The number of benzene rings is 2. The van der Waals surface area contributed by atoms with Gasteiger partial charge in [-0.05, 0) is 43.3 Å². The van der Waals surface area contributed by atoms with Gasteiger partial charge in [-0.15, -0.1) is 0 Å².